The van der Waals surface area contributed by atoms with Crippen molar-refractivity contribution in [3.63, 3.8) is 0 Å². The number of para-hydroxylation sites is 1. The van der Waals surface area contributed by atoms with Gasteiger partial charge in [0.15, 0.2) is 3.95 Å². The van der Waals surface area contributed by atoms with Gasteiger partial charge in [0.1, 0.15) is 12.2 Å². The molecule has 0 spiro atoms. The third-order valence-corrected chi connectivity index (χ3v) is 6.38. The highest BCUT2D eigenvalue weighted by Gasteiger charge is 2.20. The van der Waals surface area contributed by atoms with E-state index in [0.717, 1.165) is 22.4 Å². The minimum absolute atomic E-state index is 0.0872. The minimum Gasteiger partial charge on any atom is -0.355 e. The van der Waals surface area contributed by atoms with Gasteiger partial charge in [-0.1, -0.05) is 48.9 Å². The molecule has 2 heterocycles. The highest BCUT2D eigenvalue weighted by molar-refractivity contribution is 7.73. The molecule has 0 unspecified atom stereocenters. The van der Waals surface area contributed by atoms with E-state index in [4.69, 9.17) is 23.8 Å². The second kappa shape index (κ2) is 8.10. The van der Waals surface area contributed by atoms with Crippen molar-refractivity contribution < 1.29 is 4.79 Å². The molecule has 8 heteroatoms. The number of benzene rings is 2. The Bertz CT molecular complexity index is 1350. The summed E-state index contributed by atoms with van der Waals surface area (Å²) >= 11 is 13.5. The summed E-state index contributed by atoms with van der Waals surface area (Å²) in [5.74, 6) is -0.214. The van der Waals surface area contributed by atoms with E-state index in [2.05, 4.69) is 5.32 Å². The fourth-order valence-electron chi connectivity index (χ4n) is 3.34. The molecule has 0 atom stereocenters. The number of aromatic nitrogens is 2. The standard InChI is InChI=1S/C21H18ClN3O2S2/c1-2-11-23-17(26)12-24-19-18(13-7-3-5-9-15(13)22)29-21(28)25(19)16-10-6-4-8-14(16)20(24)27/h3-10H,2,11-12H2,1H3,(H,23,26). The van der Waals surface area contributed by atoms with Crippen LogP contribution < -0.4 is 10.9 Å². The number of fused-ring (bicyclic) bond motifs is 3. The number of nitrogens with zero attached hydrogens (tertiary/aromatic N) is 2. The molecule has 1 N–H and O–H groups in total. The largest absolute Gasteiger partial charge is 0.355 e. The van der Waals surface area contributed by atoms with Crippen LogP contribution >= 0.6 is 35.2 Å². The summed E-state index contributed by atoms with van der Waals surface area (Å²) in [6, 6.07) is 14.7. The van der Waals surface area contributed by atoms with Crippen LogP contribution in [-0.2, 0) is 11.3 Å². The van der Waals surface area contributed by atoms with Gasteiger partial charge in [0.2, 0.25) is 5.91 Å². The Balaban J connectivity index is 2.09. The summed E-state index contributed by atoms with van der Waals surface area (Å²) < 4.78 is 3.95. The van der Waals surface area contributed by atoms with Gasteiger partial charge in [0, 0.05) is 17.1 Å². The van der Waals surface area contributed by atoms with Crippen LogP contribution in [0.5, 0.6) is 0 Å². The predicted molar refractivity (Wildman–Crippen MR) is 122 cm³/mol. The predicted octanol–water partition coefficient (Wildman–Crippen LogP) is 4.89. The van der Waals surface area contributed by atoms with Gasteiger partial charge in [-0.05, 0) is 36.8 Å². The van der Waals surface area contributed by atoms with Crippen molar-refractivity contribution in [2.75, 3.05) is 6.54 Å². The van der Waals surface area contributed by atoms with Crippen LogP contribution in [0.3, 0.4) is 0 Å². The Kier molecular flexibility index (Phi) is 5.54. The highest BCUT2D eigenvalue weighted by atomic mass is 35.5. The van der Waals surface area contributed by atoms with Gasteiger partial charge in [-0.15, -0.1) is 11.3 Å². The molecule has 0 bridgehead atoms. The van der Waals surface area contributed by atoms with Crippen molar-refractivity contribution in [3.05, 3.63) is 67.9 Å². The van der Waals surface area contributed by atoms with E-state index in [1.807, 2.05) is 47.7 Å². The van der Waals surface area contributed by atoms with Crippen molar-refractivity contribution in [1.82, 2.24) is 14.3 Å². The number of nitrogens with one attached hydrogen (secondary N) is 1. The molecule has 0 aliphatic carbocycles. The second-order valence-corrected chi connectivity index (χ2v) is 8.65. The lowest BCUT2D eigenvalue weighted by atomic mass is 10.2. The lowest BCUT2D eigenvalue weighted by Crippen LogP contribution is -2.33. The van der Waals surface area contributed by atoms with Crippen molar-refractivity contribution >= 4 is 57.6 Å². The molecule has 0 fully saturated rings. The molecule has 2 aromatic heterocycles. The zero-order valence-electron chi connectivity index (χ0n) is 15.6. The summed E-state index contributed by atoms with van der Waals surface area (Å²) in [5, 5.41) is 3.92. The zero-order chi connectivity index (χ0) is 20.5. The number of halogens is 1. The normalized spacial score (nSPS) is 11.2. The smallest absolute Gasteiger partial charge is 0.262 e. The monoisotopic (exact) mass is 443 g/mol. The quantitative estimate of drug-likeness (QED) is 0.447. The van der Waals surface area contributed by atoms with Gasteiger partial charge in [0.25, 0.3) is 5.56 Å². The molecule has 1 amide bonds. The van der Waals surface area contributed by atoms with Crippen LogP contribution in [0.4, 0.5) is 0 Å². The average molecular weight is 444 g/mol. The Labute approximate surface area is 181 Å². The third kappa shape index (κ3) is 3.50. The van der Waals surface area contributed by atoms with Crippen LogP contribution in [0.15, 0.2) is 53.3 Å². The van der Waals surface area contributed by atoms with Gasteiger partial charge >= 0.3 is 0 Å². The summed E-state index contributed by atoms with van der Waals surface area (Å²) in [6.45, 7) is 2.45. The van der Waals surface area contributed by atoms with Gasteiger partial charge in [-0.25, -0.2) is 0 Å². The first-order valence-corrected chi connectivity index (χ1v) is 10.8. The van der Waals surface area contributed by atoms with E-state index >= 15 is 0 Å². The number of amides is 1. The molecule has 5 nitrogen and oxygen atoms in total. The lowest BCUT2D eigenvalue weighted by molar-refractivity contribution is -0.121. The van der Waals surface area contributed by atoms with E-state index in [9.17, 15) is 9.59 Å². The number of carbonyl (C=O) groups is 1. The molecule has 0 saturated carbocycles. The molecule has 29 heavy (non-hydrogen) atoms. The van der Waals surface area contributed by atoms with E-state index in [0.29, 0.717) is 26.6 Å². The first-order valence-electron chi connectivity index (χ1n) is 9.21. The Morgan fingerprint density at radius 1 is 1.17 bits per heavy atom. The fourth-order valence-corrected chi connectivity index (χ4v) is 5.10. The summed E-state index contributed by atoms with van der Waals surface area (Å²) in [6.07, 6.45) is 0.822. The van der Waals surface area contributed by atoms with E-state index < -0.39 is 0 Å². The average Bonchev–Trinajstić information content (AvgIpc) is 3.07. The van der Waals surface area contributed by atoms with Gasteiger partial charge in [-0.2, -0.15) is 0 Å². The van der Waals surface area contributed by atoms with Gasteiger partial charge < -0.3 is 5.32 Å². The summed E-state index contributed by atoms with van der Waals surface area (Å²) in [5.41, 5.74) is 1.86. The van der Waals surface area contributed by atoms with Gasteiger partial charge in [-0.3, -0.25) is 18.6 Å². The summed E-state index contributed by atoms with van der Waals surface area (Å²) in [7, 11) is 0. The van der Waals surface area contributed by atoms with Crippen molar-refractivity contribution in [1.29, 1.82) is 0 Å². The molecular formula is C21H18ClN3O2S2. The van der Waals surface area contributed by atoms with Crippen molar-refractivity contribution in [2.24, 2.45) is 0 Å². The number of carbonyl (C=O) groups excluding carboxylic acids is 1. The third-order valence-electron chi connectivity index (χ3n) is 4.66. The van der Waals surface area contributed by atoms with E-state index in [1.54, 1.807) is 12.1 Å². The maximum atomic E-state index is 13.3. The molecule has 148 valence electrons. The first kappa shape index (κ1) is 19.8. The van der Waals surface area contributed by atoms with Crippen LogP contribution in [0.25, 0.3) is 27.0 Å². The summed E-state index contributed by atoms with van der Waals surface area (Å²) in [4.78, 5) is 26.6. The minimum atomic E-state index is -0.228. The zero-order valence-corrected chi connectivity index (χ0v) is 18.0. The maximum absolute atomic E-state index is 13.3. The van der Waals surface area contributed by atoms with E-state index in [1.165, 1.54) is 15.9 Å². The molecule has 4 aromatic rings. The molecule has 0 aliphatic heterocycles. The topological polar surface area (TPSA) is 55.5 Å². The molecule has 4 rings (SSSR count). The van der Waals surface area contributed by atoms with Crippen molar-refractivity contribution in [3.8, 4) is 10.4 Å². The number of thiazole rings is 1. The highest BCUT2D eigenvalue weighted by Crippen LogP contribution is 2.36. The van der Waals surface area contributed by atoms with Crippen LogP contribution in [0, 0.1) is 3.95 Å². The fraction of sp³-hybridized carbons (Fsp3) is 0.190. The molecule has 0 radical (unpaired) electrons. The molecule has 2 aromatic carbocycles. The number of rotatable bonds is 5. The lowest BCUT2D eigenvalue weighted by Gasteiger charge is -2.13. The maximum Gasteiger partial charge on any atom is 0.262 e. The van der Waals surface area contributed by atoms with Crippen LogP contribution in [-0.4, -0.2) is 21.4 Å². The molecule has 0 aliphatic rings. The Morgan fingerprint density at radius 3 is 2.66 bits per heavy atom. The van der Waals surface area contributed by atoms with Crippen molar-refractivity contribution in [2.45, 2.75) is 19.9 Å². The molecule has 0 saturated heterocycles. The van der Waals surface area contributed by atoms with Crippen LogP contribution in [0.2, 0.25) is 5.02 Å². The van der Waals surface area contributed by atoms with E-state index in [-0.39, 0.29) is 18.0 Å². The molecular weight excluding hydrogens is 426 g/mol. The van der Waals surface area contributed by atoms with Gasteiger partial charge in [0.05, 0.1) is 15.8 Å². The Hall–Kier alpha value is -2.48. The number of hydrogen-bond acceptors (Lipinski definition) is 4. The first-order chi connectivity index (χ1) is 14.0. The number of hydrogen-bond donors (Lipinski definition) is 1. The Morgan fingerprint density at radius 2 is 1.90 bits per heavy atom. The SMILES string of the molecule is CCCNC(=O)Cn1c(=O)c2ccccc2n2c(=S)sc(-c3ccccc3Cl)c12. The van der Waals surface area contributed by atoms with Crippen LogP contribution in [0.1, 0.15) is 13.3 Å². The second-order valence-electron chi connectivity index (χ2n) is 6.59.